The summed E-state index contributed by atoms with van der Waals surface area (Å²) < 4.78 is 12.8. The number of hydrogen-bond donors (Lipinski definition) is 3. The summed E-state index contributed by atoms with van der Waals surface area (Å²) in [6.07, 6.45) is 0. The number of rotatable bonds is 5. The van der Waals surface area contributed by atoms with E-state index in [1.807, 2.05) is 26.0 Å². The molecule has 0 fully saturated rings. The minimum absolute atomic E-state index is 0.0857. The van der Waals surface area contributed by atoms with Crippen LogP contribution in [0.4, 0.5) is 5.69 Å². The number of hydrogen-bond acceptors (Lipinski definition) is 7. The van der Waals surface area contributed by atoms with Crippen LogP contribution in [-0.4, -0.2) is 44.6 Å². The van der Waals surface area contributed by atoms with Crippen molar-refractivity contribution in [2.24, 2.45) is 0 Å². The molecule has 174 valence electrons. The molecule has 1 amide bonds. The van der Waals surface area contributed by atoms with E-state index in [2.05, 4.69) is 20.5 Å². The number of carbonyl (C=O) groups excluding carboxylic acids is 1. The molecule has 9 nitrogen and oxygen atoms in total. The van der Waals surface area contributed by atoms with Gasteiger partial charge in [0.1, 0.15) is 18.7 Å². The highest BCUT2D eigenvalue weighted by Crippen LogP contribution is 2.32. The number of H-pyrrole nitrogens is 1. The normalized spacial score (nSPS) is 12.7. The average molecular weight is 497 g/mol. The van der Waals surface area contributed by atoms with Gasteiger partial charge in [-0.25, -0.2) is 4.98 Å². The number of halogens is 1. The summed E-state index contributed by atoms with van der Waals surface area (Å²) in [5, 5.41) is 20.6. The Morgan fingerprint density at radius 3 is 2.79 bits per heavy atom. The maximum Gasteiger partial charge on any atom is 0.234 e. The van der Waals surface area contributed by atoms with Crippen LogP contribution in [0, 0.1) is 19.3 Å². The van der Waals surface area contributed by atoms with Crippen molar-refractivity contribution < 1.29 is 14.3 Å². The quantitative estimate of drug-likeness (QED) is 0.284. The molecule has 0 bridgehead atoms. The van der Waals surface area contributed by atoms with Gasteiger partial charge >= 0.3 is 0 Å². The number of thioether (sulfide) groups is 1. The monoisotopic (exact) mass is 496 g/mol. The second-order valence-corrected chi connectivity index (χ2v) is 9.10. The zero-order valence-corrected chi connectivity index (χ0v) is 20.0. The smallest absolute Gasteiger partial charge is 0.234 e. The molecule has 11 heteroatoms. The third kappa shape index (κ3) is 4.22. The zero-order chi connectivity index (χ0) is 23.8. The second-order valence-electron chi connectivity index (χ2n) is 7.75. The van der Waals surface area contributed by atoms with E-state index in [1.165, 1.54) is 11.8 Å². The van der Waals surface area contributed by atoms with Gasteiger partial charge < -0.3 is 14.8 Å². The van der Waals surface area contributed by atoms with Gasteiger partial charge in [-0.2, -0.15) is 5.10 Å². The van der Waals surface area contributed by atoms with E-state index in [-0.39, 0.29) is 17.1 Å². The minimum atomic E-state index is -0.216. The molecule has 0 radical (unpaired) electrons. The number of fused-ring (bicyclic) bond motifs is 2. The predicted molar refractivity (Wildman–Crippen MR) is 130 cm³/mol. The van der Waals surface area contributed by atoms with Crippen molar-refractivity contribution in [2.75, 3.05) is 24.3 Å². The lowest BCUT2D eigenvalue weighted by Gasteiger charge is -2.19. The number of aromatic amines is 1. The van der Waals surface area contributed by atoms with E-state index in [0.717, 1.165) is 16.9 Å². The molecule has 1 aliphatic rings. The van der Waals surface area contributed by atoms with Crippen LogP contribution in [-0.2, 0) is 4.79 Å². The number of aromatic nitrogens is 4. The molecule has 0 unspecified atom stereocenters. The van der Waals surface area contributed by atoms with Crippen LogP contribution in [0.3, 0.4) is 0 Å². The first-order valence-corrected chi connectivity index (χ1v) is 11.9. The van der Waals surface area contributed by atoms with Gasteiger partial charge in [0.25, 0.3) is 0 Å². The number of nitrogens with zero attached hydrogens (tertiary/aromatic N) is 3. The molecule has 0 atom stereocenters. The lowest BCUT2D eigenvalue weighted by molar-refractivity contribution is -0.113. The minimum Gasteiger partial charge on any atom is -0.486 e. The van der Waals surface area contributed by atoms with Crippen molar-refractivity contribution in [1.82, 2.24) is 19.7 Å². The number of carbonyl (C=O) groups is 1. The Morgan fingerprint density at radius 1 is 1.21 bits per heavy atom. The molecule has 3 N–H and O–H groups in total. The number of ether oxygens (including phenoxy) is 2. The summed E-state index contributed by atoms with van der Waals surface area (Å²) >= 11 is 7.44. The first-order chi connectivity index (χ1) is 16.4. The van der Waals surface area contributed by atoms with E-state index < -0.39 is 0 Å². The van der Waals surface area contributed by atoms with Gasteiger partial charge in [0.2, 0.25) is 5.91 Å². The Balaban J connectivity index is 1.43. The first kappa shape index (κ1) is 22.3. The Morgan fingerprint density at radius 2 is 2.00 bits per heavy atom. The van der Waals surface area contributed by atoms with Crippen molar-refractivity contribution in [2.45, 2.75) is 19.0 Å². The zero-order valence-electron chi connectivity index (χ0n) is 18.4. The van der Waals surface area contributed by atoms with Crippen LogP contribution in [0.25, 0.3) is 16.7 Å². The van der Waals surface area contributed by atoms with Gasteiger partial charge in [0, 0.05) is 28.2 Å². The third-order valence-electron chi connectivity index (χ3n) is 5.34. The topological polar surface area (TPSA) is 118 Å². The van der Waals surface area contributed by atoms with Crippen LogP contribution in [0.15, 0.2) is 41.6 Å². The third-order valence-corrected chi connectivity index (χ3v) is 6.70. The molecular formula is C23H21ClN6O3S. The fourth-order valence-electron chi connectivity index (χ4n) is 3.68. The highest BCUT2D eigenvalue weighted by Gasteiger charge is 2.18. The molecule has 0 spiro atoms. The van der Waals surface area contributed by atoms with Crippen molar-refractivity contribution >= 4 is 46.0 Å². The Kier molecular flexibility index (Phi) is 5.93. The van der Waals surface area contributed by atoms with Crippen LogP contribution >= 0.6 is 23.4 Å². The van der Waals surface area contributed by atoms with Crippen molar-refractivity contribution in [3.63, 3.8) is 0 Å². The fraction of sp³-hybridized carbons (Fsp3) is 0.217. The van der Waals surface area contributed by atoms with E-state index in [0.29, 0.717) is 51.6 Å². The highest BCUT2D eigenvalue weighted by atomic mass is 35.5. The number of nitrogens with one attached hydrogen (secondary N) is 3. The molecule has 1 aliphatic heterocycles. The summed E-state index contributed by atoms with van der Waals surface area (Å²) in [4.78, 5) is 17.4. The first-order valence-electron chi connectivity index (χ1n) is 10.5. The molecule has 2 aromatic heterocycles. The predicted octanol–water partition coefficient (Wildman–Crippen LogP) is 4.00. The molecule has 34 heavy (non-hydrogen) atoms. The Labute approximate surface area is 204 Å². The summed E-state index contributed by atoms with van der Waals surface area (Å²) in [7, 11) is 0. The molecule has 2 aromatic carbocycles. The molecule has 3 heterocycles. The highest BCUT2D eigenvalue weighted by molar-refractivity contribution is 7.99. The van der Waals surface area contributed by atoms with Crippen molar-refractivity contribution in [3.8, 4) is 17.2 Å². The van der Waals surface area contributed by atoms with E-state index in [9.17, 15) is 4.79 Å². The summed E-state index contributed by atoms with van der Waals surface area (Å²) in [5.41, 5.74) is 3.63. The standard InChI is InChI=1S/C23H21ClN6O3S/c1-12-9-15(4-5-16(12)24)30-21(25)20-13(2)28-29-22(20)27-23(30)34-11-19(31)26-14-3-6-17-18(10-14)33-8-7-32-17/h3-6,9-10,25H,7-8,11H2,1-2H3,(H,26,31)(H,28,29). The SMILES string of the molecule is Cc1cc(-n2c(SCC(=O)Nc3ccc4c(c3)OCCO4)nc3n[nH]c(C)c3c2=N)ccc1Cl. The van der Waals surface area contributed by atoms with Crippen LogP contribution < -0.4 is 20.3 Å². The number of benzene rings is 2. The number of amides is 1. The van der Waals surface area contributed by atoms with E-state index in [1.54, 1.807) is 28.8 Å². The Bertz CT molecular complexity index is 1480. The number of aryl methyl sites for hydroxylation is 2. The van der Waals surface area contributed by atoms with Crippen molar-refractivity contribution in [1.29, 1.82) is 5.41 Å². The fourth-order valence-corrected chi connectivity index (χ4v) is 4.61. The molecule has 0 saturated heterocycles. The average Bonchev–Trinajstić information content (AvgIpc) is 3.20. The molecule has 0 saturated carbocycles. The number of anilines is 1. The molecule has 5 rings (SSSR count). The maximum absolute atomic E-state index is 12.7. The lowest BCUT2D eigenvalue weighted by atomic mass is 10.2. The summed E-state index contributed by atoms with van der Waals surface area (Å²) in [6, 6.07) is 10.8. The molecule has 0 aliphatic carbocycles. The van der Waals surface area contributed by atoms with E-state index >= 15 is 0 Å². The largest absolute Gasteiger partial charge is 0.486 e. The lowest BCUT2D eigenvalue weighted by Crippen LogP contribution is -2.23. The van der Waals surface area contributed by atoms with E-state index in [4.69, 9.17) is 26.5 Å². The van der Waals surface area contributed by atoms with Gasteiger partial charge in [-0.05, 0) is 49.7 Å². The van der Waals surface area contributed by atoms with Gasteiger partial charge in [-0.1, -0.05) is 23.4 Å². The summed E-state index contributed by atoms with van der Waals surface area (Å²) in [5.74, 6) is 1.13. The van der Waals surface area contributed by atoms with Crippen LogP contribution in [0.5, 0.6) is 11.5 Å². The maximum atomic E-state index is 12.7. The van der Waals surface area contributed by atoms with Crippen LogP contribution in [0.1, 0.15) is 11.3 Å². The second kappa shape index (κ2) is 9.03. The van der Waals surface area contributed by atoms with Crippen molar-refractivity contribution in [3.05, 3.63) is 58.2 Å². The van der Waals surface area contributed by atoms with Gasteiger partial charge in [0.05, 0.1) is 11.1 Å². The molecular weight excluding hydrogens is 476 g/mol. The molecule has 4 aromatic rings. The van der Waals surface area contributed by atoms with Gasteiger partial charge in [-0.15, -0.1) is 0 Å². The summed E-state index contributed by atoms with van der Waals surface area (Å²) in [6.45, 7) is 4.73. The van der Waals surface area contributed by atoms with Gasteiger partial charge in [0.15, 0.2) is 22.3 Å². The van der Waals surface area contributed by atoms with Gasteiger partial charge in [-0.3, -0.25) is 19.9 Å². The Hall–Kier alpha value is -3.50. The van der Waals surface area contributed by atoms with Crippen LogP contribution in [0.2, 0.25) is 5.02 Å².